The molecule has 0 amide bonds. The van der Waals surface area contributed by atoms with Crippen LogP contribution in [0.1, 0.15) is 22.1 Å². The van der Waals surface area contributed by atoms with E-state index in [1.54, 1.807) is 41.7 Å². The van der Waals surface area contributed by atoms with Crippen molar-refractivity contribution in [2.45, 2.75) is 12.7 Å². The Hall–Kier alpha value is -3.01. The van der Waals surface area contributed by atoms with Gasteiger partial charge in [-0.05, 0) is 29.6 Å². The van der Waals surface area contributed by atoms with Gasteiger partial charge in [-0.3, -0.25) is 0 Å². The zero-order chi connectivity index (χ0) is 19.2. The average Bonchev–Trinajstić information content (AvgIpc) is 3.18. The molecule has 1 aromatic heterocycles. The molecule has 1 heterocycles. The maximum Gasteiger partial charge on any atom is 0.349 e. The maximum atomic E-state index is 11.7. The van der Waals surface area contributed by atoms with Crippen LogP contribution in [-0.4, -0.2) is 11.1 Å². The molecule has 0 bridgehead atoms. The molecule has 7 heteroatoms. The molecule has 2 aromatic carbocycles. The molecule has 0 fully saturated rings. The predicted molar refractivity (Wildman–Crippen MR) is 102 cm³/mol. The molecular weight excluding hydrogens is 386 g/mol. The minimum absolute atomic E-state index is 0.119. The van der Waals surface area contributed by atoms with Gasteiger partial charge in [0, 0.05) is 21.5 Å². The Morgan fingerprint density at radius 2 is 2.04 bits per heavy atom. The van der Waals surface area contributed by atoms with Crippen LogP contribution in [0.15, 0.2) is 60.0 Å². The van der Waals surface area contributed by atoms with E-state index in [2.05, 4.69) is 0 Å². The second-order valence-electron chi connectivity index (χ2n) is 5.50. The molecule has 0 saturated carbocycles. The highest BCUT2D eigenvalue weighted by Gasteiger charge is 2.25. The number of carboxylic acids is 1. The van der Waals surface area contributed by atoms with E-state index in [4.69, 9.17) is 21.1 Å². The number of nitrogens with zero attached hydrogens (tertiary/aromatic N) is 1. The van der Waals surface area contributed by atoms with Crippen molar-refractivity contribution in [1.82, 2.24) is 0 Å². The molecule has 0 unspecified atom stereocenters. The van der Waals surface area contributed by atoms with Crippen LogP contribution in [0.25, 0.3) is 0 Å². The van der Waals surface area contributed by atoms with Gasteiger partial charge in [-0.2, -0.15) is 5.26 Å². The number of halogens is 1. The third kappa shape index (κ3) is 4.59. The van der Waals surface area contributed by atoms with Gasteiger partial charge in [-0.15, -0.1) is 11.3 Å². The van der Waals surface area contributed by atoms with Crippen LogP contribution >= 0.6 is 22.9 Å². The number of benzene rings is 2. The number of ether oxygens (including phenoxy) is 2. The van der Waals surface area contributed by atoms with E-state index in [0.717, 1.165) is 4.88 Å². The molecular formula is C20H14ClNO4S. The van der Waals surface area contributed by atoms with E-state index < -0.39 is 12.1 Å². The van der Waals surface area contributed by atoms with Crippen LogP contribution in [0.2, 0.25) is 5.02 Å². The standard InChI is InChI=1S/C20H14ClNO4S/c21-17-6-2-1-5-16(17)19(20(23)24)26-18-10-14(8-7-13(18)11-22)25-12-15-4-3-9-27-15/h1-10,19H,12H2,(H,23,24)/t19-/m0/s1. The van der Waals surface area contributed by atoms with Gasteiger partial charge >= 0.3 is 5.97 Å². The Bertz CT molecular complexity index is 982. The van der Waals surface area contributed by atoms with Gasteiger partial charge in [0.15, 0.2) is 0 Å². The van der Waals surface area contributed by atoms with Gasteiger partial charge in [-0.25, -0.2) is 4.79 Å². The van der Waals surface area contributed by atoms with Crippen molar-refractivity contribution >= 4 is 28.9 Å². The van der Waals surface area contributed by atoms with Crippen molar-refractivity contribution in [2.24, 2.45) is 0 Å². The molecule has 1 N–H and O–H groups in total. The first kappa shape index (κ1) is 18.8. The van der Waals surface area contributed by atoms with Gasteiger partial charge in [0.2, 0.25) is 6.10 Å². The van der Waals surface area contributed by atoms with E-state index >= 15 is 0 Å². The summed E-state index contributed by atoms with van der Waals surface area (Å²) in [6.45, 7) is 0.371. The lowest BCUT2D eigenvalue weighted by atomic mass is 10.1. The third-order valence-electron chi connectivity index (χ3n) is 3.69. The summed E-state index contributed by atoms with van der Waals surface area (Å²) in [6, 6.07) is 17.1. The molecule has 3 rings (SSSR count). The van der Waals surface area contributed by atoms with Crippen LogP contribution in [0, 0.1) is 11.3 Å². The Morgan fingerprint density at radius 3 is 2.70 bits per heavy atom. The zero-order valence-corrected chi connectivity index (χ0v) is 15.5. The normalized spacial score (nSPS) is 11.4. The number of aliphatic carboxylic acids is 1. The second kappa shape index (κ2) is 8.58. The summed E-state index contributed by atoms with van der Waals surface area (Å²) in [5.41, 5.74) is 0.511. The fourth-order valence-corrected chi connectivity index (χ4v) is 3.24. The smallest absolute Gasteiger partial charge is 0.349 e. The van der Waals surface area contributed by atoms with E-state index in [9.17, 15) is 15.2 Å². The highest BCUT2D eigenvalue weighted by molar-refractivity contribution is 7.09. The van der Waals surface area contributed by atoms with Crippen LogP contribution in [0.5, 0.6) is 11.5 Å². The molecule has 0 saturated heterocycles. The van der Waals surface area contributed by atoms with Gasteiger partial charge in [0.1, 0.15) is 24.2 Å². The van der Waals surface area contributed by atoms with Crippen molar-refractivity contribution in [2.75, 3.05) is 0 Å². The Labute approximate surface area is 165 Å². The number of hydrogen-bond donors (Lipinski definition) is 1. The zero-order valence-electron chi connectivity index (χ0n) is 14.0. The van der Waals surface area contributed by atoms with Crippen molar-refractivity contribution in [3.63, 3.8) is 0 Å². The van der Waals surface area contributed by atoms with Crippen molar-refractivity contribution in [1.29, 1.82) is 5.26 Å². The van der Waals surface area contributed by atoms with Gasteiger partial charge in [-0.1, -0.05) is 35.9 Å². The lowest BCUT2D eigenvalue weighted by Gasteiger charge is -2.18. The number of nitriles is 1. The Kier molecular flexibility index (Phi) is 5.97. The van der Waals surface area contributed by atoms with Gasteiger partial charge < -0.3 is 14.6 Å². The van der Waals surface area contributed by atoms with Crippen LogP contribution < -0.4 is 9.47 Å². The monoisotopic (exact) mass is 399 g/mol. The first-order chi connectivity index (χ1) is 13.1. The molecule has 3 aromatic rings. The summed E-state index contributed by atoms with van der Waals surface area (Å²) in [4.78, 5) is 12.8. The molecule has 0 aliphatic carbocycles. The van der Waals surface area contributed by atoms with Crippen molar-refractivity contribution in [3.8, 4) is 17.6 Å². The number of carbonyl (C=O) groups is 1. The topological polar surface area (TPSA) is 79.5 Å². The fourth-order valence-electron chi connectivity index (χ4n) is 2.39. The number of thiophene rings is 1. The van der Waals surface area contributed by atoms with Crippen LogP contribution in [-0.2, 0) is 11.4 Å². The molecule has 136 valence electrons. The highest BCUT2D eigenvalue weighted by atomic mass is 35.5. The number of hydrogen-bond acceptors (Lipinski definition) is 5. The lowest BCUT2D eigenvalue weighted by Crippen LogP contribution is -2.19. The maximum absolute atomic E-state index is 11.7. The number of carboxylic acid groups (broad SMARTS) is 1. The van der Waals surface area contributed by atoms with Crippen LogP contribution in [0.3, 0.4) is 0 Å². The molecule has 1 atom stereocenters. The quantitative estimate of drug-likeness (QED) is 0.600. The number of rotatable bonds is 7. The van der Waals surface area contributed by atoms with Gasteiger partial charge in [0.25, 0.3) is 0 Å². The summed E-state index contributed by atoms with van der Waals surface area (Å²) in [6.07, 6.45) is -1.35. The average molecular weight is 400 g/mol. The summed E-state index contributed by atoms with van der Waals surface area (Å²) in [7, 11) is 0. The first-order valence-corrected chi connectivity index (χ1v) is 9.17. The molecule has 27 heavy (non-hydrogen) atoms. The molecule has 0 radical (unpaired) electrons. The molecule has 0 aliphatic rings. The highest BCUT2D eigenvalue weighted by Crippen LogP contribution is 2.32. The summed E-state index contributed by atoms with van der Waals surface area (Å²) in [5, 5.41) is 21.1. The van der Waals surface area contributed by atoms with Crippen molar-refractivity contribution < 1.29 is 19.4 Å². The first-order valence-electron chi connectivity index (χ1n) is 7.91. The van der Waals surface area contributed by atoms with E-state index in [0.29, 0.717) is 17.9 Å². The molecule has 0 aliphatic heterocycles. The largest absolute Gasteiger partial charge is 0.488 e. The summed E-state index contributed by atoms with van der Waals surface area (Å²) >= 11 is 7.68. The van der Waals surface area contributed by atoms with E-state index in [-0.39, 0.29) is 16.3 Å². The Morgan fingerprint density at radius 1 is 1.22 bits per heavy atom. The fraction of sp³-hybridized carbons (Fsp3) is 0.100. The van der Waals surface area contributed by atoms with Crippen LogP contribution in [0.4, 0.5) is 0 Å². The minimum Gasteiger partial charge on any atom is -0.488 e. The molecule has 5 nitrogen and oxygen atoms in total. The second-order valence-corrected chi connectivity index (χ2v) is 6.93. The minimum atomic E-state index is -1.35. The summed E-state index contributed by atoms with van der Waals surface area (Å²) in [5.74, 6) is -0.619. The third-order valence-corrected chi connectivity index (χ3v) is 4.89. The summed E-state index contributed by atoms with van der Waals surface area (Å²) < 4.78 is 11.4. The SMILES string of the molecule is N#Cc1ccc(OCc2cccs2)cc1O[C@H](C(=O)O)c1ccccc1Cl. The van der Waals surface area contributed by atoms with E-state index in [1.165, 1.54) is 12.1 Å². The predicted octanol–water partition coefficient (Wildman–Crippen LogP) is 5.06. The van der Waals surface area contributed by atoms with E-state index in [1.807, 2.05) is 23.6 Å². The lowest BCUT2D eigenvalue weighted by molar-refractivity contribution is -0.145. The Balaban J connectivity index is 1.87. The van der Waals surface area contributed by atoms with Crippen molar-refractivity contribution in [3.05, 3.63) is 81.0 Å². The molecule has 0 spiro atoms. The van der Waals surface area contributed by atoms with Gasteiger partial charge in [0.05, 0.1) is 5.56 Å².